The monoisotopic (exact) mass is 285 g/mol. The van der Waals surface area contributed by atoms with Crippen molar-refractivity contribution < 1.29 is 0 Å². The molecule has 0 amide bonds. The van der Waals surface area contributed by atoms with Crippen molar-refractivity contribution in [1.82, 2.24) is 14.1 Å². The summed E-state index contributed by atoms with van der Waals surface area (Å²) < 4.78 is 2.16. The Morgan fingerprint density at radius 2 is 2.00 bits per heavy atom. The Hall–Kier alpha value is -2.88. The molecule has 7 nitrogen and oxygen atoms in total. The maximum Gasteiger partial charge on any atom is 0.332 e. The van der Waals surface area contributed by atoms with Crippen molar-refractivity contribution in [2.24, 2.45) is 14.1 Å². The highest BCUT2D eigenvalue weighted by Crippen LogP contribution is 2.17. The fourth-order valence-corrected chi connectivity index (χ4v) is 2.03. The van der Waals surface area contributed by atoms with Crippen molar-refractivity contribution in [2.75, 3.05) is 5.32 Å². The number of rotatable bonds is 3. The van der Waals surface area contributed by atoms with Crippen LogP contribution in [-0.2, 0) is 14.1 Å². The van der Waals surface area contributed by atoms with Gasteiger partial charge in [-0.15, -0.1) is 0 Å². The van der Waals surface area contributed by atoms with E-state index in [1.807, 2.05) is 25.1 Å². The molecule has 2 aromatic rings. The van der Waals surface area contributed by atoms with E-state index in [4.69, 9.17) is 0 Å². The minimum atomic E-state index is -0.615. The van der Waals surface area contributed by atoms with Crippen LogP contribution in [0.5, 0.6) is 0 Å². The van der Waals surface area contributed by atoms with Crippen molar-refractivity contribution in [3.63, 3.8) is 0 Å². The second-order valence-electron chi connectivity index (χ2n) is 4.66. The van der Waals surface area contributed by atoms with Gasteiger partial charge >= 0.3 is 5.69 Å². The van der Waals surface area contributed by atoms with Gasteiger partial charge in [-0.05, 0) is 19.1 Å². The van der Waals surface area contributed by atoms with E-state index in [0.29, 0.717) is 0 Å². The van der Waals surface area contributed by atoms with E-state index in [9.17, 15) is 14.9 Å². The lowest BCUT2D eigenvalue weighted by molar-refractivity contribution is 0.676. The summed E-state index contributed by atoms with van der Waals surface area (Å²) in [6.45, 7) is 1.84. The highest BCUT2D eigenvalue weighted by molar-refractivity contribution is 5.52. The van der Waals surface area contributed by atoms with Gasteiger partial charge in [0.05, 0.1) is 11.7 Å². The minimum Gasteiger partial charge on any atom is -0.362 e. The second-order valence-corrected chi connectivity index (χ2v) is 4.66. The Morgan fingerprint density at radius 1 is 1.29 bits per heavy atom. The standard InChI is InChI=1S/C14H15N5O2/c1-9(11-6-4-5-7-16-11)17-12-10(8-15)13(20)19(3)14(21)18(12)2/h4-7,9,17H,1-3H3/t9-/m0/s1. The van der Waals surface area contributed by atoms with Crippen LogP contribution < -0.4 is 16.6 Å². The van der Waals surface area contributed by atoms with Gasteiger partial charge < -0.3 is 5.32 Å². The first-order valence-electron chi connectivity index (χ1n) is 6.35. The average Bonchev–Trinajstić information content (AvgIpc) is 2.51. The number of nitriles is 1. The largest absolute Gasteiger partial charge is 0.362 e. The molecule has 0 aliphatic heterocycles. The summed E-state index contributed by atoms with van der Waals surface area (Å²) >= 11 is 0. The Labute approximate surface area is 121 Å². The maximum atomic E-state index is 12.0. The van der Waals surface area contributed by atoms with E-state index in [-0.39, 0.29) is 17.4 Å². The lowest BCUT2D eigenvalue weighted by Gasteiger charge is -2.18. The van der Waals surface area contributed by atoms with E-state index >= 15 is 0 Å². The third-order valence-corrected chi connectivity index (χ3v) is 3.26. The topological polar surface area (TPSA) is 92.7 Å². The van der Waals surface area contributed by atoms with Gasteiger partial charge in [-0.1, -0.05) is 6.07 Å². The predicted octanol–water partition coefficient (Wildman–Crippen LogP) is 0.524. The van der Waals surface area contributed by atoms with Crippen molar-refractivity contribution in [3.8, 4) is 6.07 Å². The Kier molecular flexibility index (Phi) is 3.89. The molecule has 1 N–H and O–H groups in total. The Balaban J connectivity index is 2.53. The summed E-state index contributed by atoms with van der Waals surface area (Å²) in [6, 6.07) is 7.06. The lowest BCUT2D eigenvalue weighted by atomic mass is 10.2. The molecule has 21 heavy (non-hydrogen) atoms. The molecular formula is C14H15N5O2. The molecule has 0 saturated carbocycles. The number of nitrogens with zero attached hydrogens (tertiary/aromatic N) is 4. The maximum absolute atomic E-state index is 12.0. The summed E-state index contributed by atoms with van der Waals surface area (Å²) in [4.78, 5) is 28.1. The summed E-state index contributed by atoms with van der Waals surface area (Å²) in [5, 5.41) is 12.2. The number of pyridine rings is 1. The minimum absolute atomic E-state index is 0.0950. The van der Waals surface area contributed by atoms with Crippen LogP contribution in [0.15, 0.2) is 34.0 Å². The number of nitrogens with one attached hydrogen (secondary N) is 1. The van der Waals surface area contributed by atoms with Crippen molar-refractivity contribution in [2.45, 2.75) is 13.0 Å². The van der Waals surface area contributed by atoms with Crippen molar-refractivity contribution >= 4 is 5.82 Å². The molecule has 0 unspecified atom stereocenters. The fraction of sp³-hybridized carbons (Fsp3) is 0.286. The summed E-state index contributed by atoms with van der Waals surface area (Å²) in [5.41, 5.74) is -0.456. The second kappa shape index (κ2) is 5.63. The highest BCUT2D eigenvalue weighted by Gasteiger charge is 2.17. The van der Waals surface area contributed by atoms with Gasteiger partial charge in [-0.3, -0.25) is 18.9 Å². The van der Waals surface area contributed by atoms with Crippen LogP contribution in [0.2, 0.25) is 0 Å². The van der Waals surface area contributed by atoms with Crippen LogP contribution in [0.1, 0.15) is 24.2 Å². The van der Waals surface area contributed by atoms with Gasteiger partial charge in [0.1, 0.15) is 11.9 Å². The first-order chi connectivity index (χ1) is 9.97. The van der Waals surface area contributed by atoms with Crippen LogP contribution in [0.3, 0.4) is 0 Å². The number of anilines is 1. The van der Waals surface area contributed by atoms with E-state index in [0.717, 1.165) is 10.3 Å². The molecule has 0 spiro atoms. The van der Waals surface area contributed by atoms with Gasteiger partial charge in [0.15, 0.2) is 5.56 Å². The van der Waals surface area contributed by atoms with Gasteiger partial charge in [0, 0.05) is 20.3 Å². The van der Waals surface area contributed by atoms with Gasteiger partial charge in [-0.25, -0.2) is 4.79 Å². The molecule has 0 fully saturated rings. The third-order valence-electron chi connectivity index (χ3n) is 3.26. The molecule has 7 heteroatoms. The van der Waals surface area contributed by atoms with Crippen LogP contribution in [0.25, 0.3) is 0 Å². The van der Waals surface area contributed by atoms with Gasteiger partial charge in [0.25, 0.3) is 5.56 Å². The van der Waals surface area contributed by atoms with Crippen LogP contribution in [-0.4, -0.2) is 14.1 Å². The zero-order valence-electron chi connectivity index (χ0n) is 12.0. The molecule has 2 aromatic heterocycles. The van der Waals surface area contributed by atoms with Gasteiger partial charge in [0.2, 0.25) is 0 Å². The summed E-state index contributed by atoms with van der Waals surface area (Å²) in [7, 11) is 2.85. The molecule has 0 aromatic carbocycles. The van der Waals surface area contributed by atoms with E-state index in [1.54, 1.807) is 12.3 Å². The molecule has 108 valence electrons. The molecule has 2 heterocycles. The van der Waals surface area contributed by atoms with Crippen LogP contribution in [0, 0.1) is 11.3 Å². The van der Waals surface area contributed by atoms with E-state index < -0.39 is 11.2 Å². The third kappa shape index (κ3) is 2.56. The Morgan fingerprint density at radius 3 is 2.57 bits per heavy atom. The first-order valence-corrected chi connectivity index (χ1v) is 6.35. The van der Waals surface area contributed by atoms with Crippen molar-refractivity contribution in [1.29, 1.82) is 5.26 Å². The molecule has 0 saturated heterocycles. The lowest BCUT2D eigenvalue weighted by Crippen LogP contribution is -2.40. The fourth-order valence-electron chi connectivity index (χ4n) is 2.03. The smallest absolute Gasteiger partial charge is 0.332 e. The normalized spacial score (nSPS) is 11.7. The predicted molar refractivity (Wildman–Crippen MR) is 77.9 cm³/mol. The molecule has 2 rings (SSSR count). The highest BCUT2D eigenvalue weighted by atomic mass is 16.2. The summed E-state index contributed by atoms with van der Waals surface area (Å²) in [5.74, 6) is 0.198. The quantitative estimate of drug-likeness (QED) is 0.887. The number of hydrogen-bond donors (Lipinski definition) is 1. The van der Waals surface area contributed by atoms with E-state index in [2.05, 4.69) is 10.3 Å². The molecule has 0 radical (unpaired) electrons. The van der Waals surface area contributed by atoms with Crippen molar-refractivity contribution in [3.05, 3.63) is 56.5 Å². The first kappa shape index (κ1) is 14.5. The molecule has 0 aliphatic carbocycles. The Bertz CT molecular complexity index is 814. The van der Waals surface area contributed by atoms with Gasteiger partial charge in [-0.2, -0.15) is 5.26 Å². The molecule has 1 atom stereocenters. The van der Waals surface area contributed by atoms with E-state index in [1.165, 1.54) is 18.7 Å². The molecular weight excluding hydrogens is 270 g/mol. The number of hydrogen-bond acceptors (Lipinski definition) is 5. The SMILES string of the molecule is C[C@H](Nc1c(C#N)c(=O)n(C)c(=O)n1C)c1ccccn1. The van der Waals surface area contributed by atoms with Crippen LogP contribution in [0.4, 0.5) is 5.82 Å². The number of aromatic nitrogens is 3. The zero-order valence-corrected chi connectivity index (χ0v) is 12.0. The summed E-state index contributed by atoms with van der Waals surface area (Å²) in [6.07, 6.45) is 1.65. The molecule has 0 bridgehead atoms. The molecule has 0 aliphatic rings. The average molecular weight is 285 g/mol. The van der Waals surface area contributed by atoms with Crippen LogP contribution >= 0.6 is 0 Å². The zero-order chi connectivity index (χ0) is 15.6.